The minimum absolute atomic E-state index is 0.0112. The molecule has 0 saturated carbocycles. The van der Waals surface area contributed by atoms with Gasteiger partial charge in [0.1, 0.15) is 0 Å². The van der Waals surface area contributed by atoms with E-state index < -0.39 is 17.2 Å². The van der Waals surface area contributed by atoms with E-state index in [1.807, 2.05) is 0 Å². The highest BCUT2D eigenvalue weighted by Gasteiger charge is 2.13. The molecular weight excluding hydrogens is 212 g/mol. The highest BCUT2D eigenvalue weighted by molar-refractivity contribution is 6.02. The van der Waals surface area contributed by atoms with Crippen molar-refractivity contribution in [2.24, 2.45) is 7.05 Å². The van der Waals surface area contributed by atoms with Crippen LogP contribution in [0.3, 0.4) is 0 Å². The number of aromatic carboxylic acids is 1. The molecule has 2 aromatic rings. The molecule has 1 aromatic carbocycles. The van der Waals surface area contributed by atoms with Crippen LogP contribution in [-0.4, -0.2) is 20.6 Å². The quantitative estimate of drug-likeness (QED) is 0.703. The van der Waals surface area contributed by atoms with Gasteiger partial charge in [-0.15, -0.1) is 0 Å². The zero-order valence-corrected chi connectivity index (χ0v) is 8.35. The first-order valence-corrected chi connectivity index (χ1v) is 4.47. The number of carboxylic acid groups (broad SMARTS) is 1. The third kappa shape index (κ3) is 1.31. The molecule has 82 valence electrons. The molecule has 0 amide bonds. The molecule has 0 aliphatic rings. The van der Waals surface area contributed by atoms with E-state index in [1.54, 1.807) is 0 Å². The molecule has 0 aliphatic heterocycles. The van der Waals surface area contributed by atoms with Crippen molar-refractivity contribution in [2.75, 3.05) is 0 Å². The largest absolute Gasteiger partial charge is 0.478 e. The summed E-state index contributed by atoms with van der Waals surface area (Å²) in [4.78, 5) is 35.8. The number of fused-ring (bicyclic) bond motifs is 1. The van der Waals surface area contributed by atoms with Crippen LogP contribution >= 0.6 is 0 Å². The number of carbonyl (C=O) groups is 1. The highest BCUT2D eigenvalue weighted by Crippen LogP contribution is 2.12. The fourth-order valence-corrected chi connectivity index (χ4v) is 1.59. The van der Waals surface area contributed by atoms with Gasteiger partial charge in [-0.3, -0.25) is 14.3 Å². The Morgan fingerprint density at radius 3 is 2.69 bits per heavy atom. The Morgan fingerprint density at radius 1 is 1.38 bits per heavy atom. The summed E-state index contributed by atoms with van der Waals surface area (Å²) in [6, 6.07) is 4.34. The highest BCUT2D eigenvalue weighted by atomic mass is 16.4. The number of aromatic nitrogens is 2. The van der Waals surface area contributed by atoms with E-state index in [-0.39, 0.29) is 10.9 Å². The second-order valence-electron chi connectivity index (χ2n) is 3.32. The van der Waals surface area contributed by atoms with E-state index in [0.29, 0.717) is 5.52 Å². The van der Waals surface area contributed by atoms with Gasteiger partial charge >= 0.3 is 11.7 Å². The normalized spacial score (nSPS) is 10.6. The SMILES string of the molecule is Cn1c(=O)[nH]c(=O)c2c(C(=O)O)cccc21. The van der Waals surface area contributed by atoms with Crippen LogP contribution in [0.1, 0.15) is 10.4 Å². The van der Waals surface area contributed by atoms with Gasteiger partial charge in [0.05, 0.1) is 16.5 Å². The molecule has 0 saturated heterocycles. The number of nitrogens with zero attached hydrogens (tertiary/aromatic N) is 1. The Morgan fingerprint density at radius 2 is 2.06 bits per heavy atom. The number of nitrogens with one attached hydrogen (secondary N) is 1. The van der Waals surface area contributed by atoms with Gasteiger partial charge in [-0.05, 0) is 12.1 Å². The molecular formula is C10H8N2O4. The molecule has 6 nitrogen and oxygen atoms in total. The van der Waals surface area contributed by atoms with Crippen molar-refractivity contribution >= 4 is 16.9 Å². The molecule has 0 atom stereocenters. The van der Waals surface area contributed by atoms with Crippen molar-refractivity contribution in [3.8, 4) is 0 Å². The van der Waals surface area contributed by atoms with Crippen LogP contribution in [0.2, 0.25) is 0 Å². The molecule has 0 bridgehead atoms. The number of aromatic amines is 1. The predicted octanol–water partition coefficient (Wildman–Crippen LogP) is -0.0750. The summed E-state index contributed by atoms with van der Waals surface area (Å²) in [7, 11) is 1.46. The number of carboxylic acids is 1. The van der Waals surface area contributed by atoms with Crippen molar-refractivity contribution in [2.45, 2.75) is 0 Å². The van der Waals surface area contributed by atoms with Crippen LogP contribution in [0.25, 0.3) is 10.9 Å². The lowest BCUT2D eigenvalue weighted by molar-refractivity contribution is 0.0699. The summed E-state index contributed by atoms with van der Waals surface area (Å²) in [6.45, 7) is 0. The Hall–Kier alpha value is -2.37. The number of benzene rings is 1. The number of aryl methyl sites for hydroxylation is 1. The third-order valence-electron chi connectivity index (χ3n) is 2.39. The molecule has 2 N–H and O–H groups in total. The molecule has 1 aromatic heterocycles. The monoisotopic (exact) mass is 220 g/mol. The number of H-pyrrole nitrogens is 1. The van der Waals surface area contributed by atoms with E-state index in [1.165, 1.54) is 29.8 Å². The van der Waals surface area contributed by atoms with Crippen LogP contribution in [0.4, 0.5) is 0 Å². The smallest absolute Gasteiger partial charge is 0.336 e. The van der Waals surface area contributed by atoms with Gasteiger partial charge < -0.3 is 5.11 Å². The molecule has 0 spiro atoms. The molecule has 0 radical (unpaired) electrons. The molecule has 16 heavy (non-hydrogen) atoms. The molecule has 6 heteroatoms. The maximum absolute atomic E-state index is 11.5. The van der Waals surface area contributed by atoms with Gasteiger partial charge in [0.25, 0.3) is 5.56 Å². The first kappa shape index (κ1) is 10.2. The van der Waals surface area contributed by atoms with Gasteiger partial charge in [0.2, 0.25) is 0 Å². The zero-order chi connectivity index (χ0) is 11.9. The van der Waals surface area contributed by atoms with Gasteiger partial charge in [-0.2, -0.15) is 0 Å². The zero-order valence-electron chi connectivity index (χ0n) is 8.35. The number of hydrogen-bond donors (Lipinski definition) is 2. The van der Waals surface area contributed by atoms with Gasteiger partial charge in [-0.25, -0.2) is 9.59 Å². The summed E-state index contributed by atoms with van der Waals surface area (Å²) >= 11 is 0. The van der Waals surface area contributed by atoms with Crippen LogP contribution in [0, 0.1) is 0 Å². The summed E-state index contributed by atoms with van der Waals surface area (Å²) in [6.07, 6.45) is 0. The fourth-order valence-electron chi connectivity index (χ4n) is 1.59. The van der Waals surface area contributed by atoms with E-state index in [4.69, 9.17) is 5.11 Å². The lowest BCUT2D eigenvalue weighted by Crippen LogP contribution is -2.29. The Kier molecular flexibility index (Phi) is 2.12. The summed E-state index contributed by atoms with van der Waals surface area (Å²) < 4.78 is 1.20. The summed E-state index contributed by atoms with van der Waals surface area (Å²) in [5.41, 5.74) is -1.07. The Balaban J connectivity index is 3.12. The topological polar surface area (TPSA) is 92.2 Å². The third-order valence-corrected chi connectivity index (χ3v) is 2.39. The summed E-state index contributed by atoms with van der Waals surface area (Å²) in [5.74, 6) is -1.20. The average Bonchev–Trinajstić information content (AvgIpc) is 2.25. The first-order chi connectivity index (χ1) is 7.52. The minimum atomic E-state index is -1.20. The molecule has 0 unspecified atom stereocenters. The predicted molar refractivity (Wildman–Crippen MR) is 56.8 cm³/mol. The van der Waals surface area contributed by atoms with Gasteiger partial charge in [0.15, 0.2) is 0 Å². The molecule has 1 heterocycles. The van der Waals surface area contributed by atoms with E-state index in [2.05, 4.69) is 4.98 Å². The van der Waals surface area contributed by atoms with Gasteiger partial charge in [-0.1, -0.05) is 6.07 Å². The van der Waals surface area contributed by atoms with Gasteiger partial charge in [0, 0.05) is 7.05 Å². The van der Waals surface area contributed by atoms with Crippen molar-refractivity contribution in [3.05, 3.63) is 44.6 Å². The average molecular weight is 220 g/mol. The minimum Gasteiger partial charge on any atom is -0.478 e. The maximum atomic E-state index is 11.5. The van der Waals surface area contributed by atoms with Crippen molar-refractivity contribution in [1.82, 2.24) is 9.55 Å². The second-order valence-corrected chi connectivity index (χ2v) is 3.32. The maximum Gasteiger partial charge on any atom is 0.336 e. The fraction of sp³-hybridized carbons (Fsp3) is 0.100. The molecule has 2 rings (SSSR count). The molecule has 0 aliphatic carbocycles. The second kappa shape index (κ2) is 3.34. The Bertz CT molecular complexity index is 696. The van der Waals surface area contributed by atoms with E-state index >= 15 is 0 Å². The number of rotatable bonds is 1. The summed E-state index contributed by atoms with van der Waals surface area (Å²) in [5, 5.41) is 8.94. The molecule has 0 fully saturated rings. The van der Waals surface area contributed by atoms with Crippen LogP contribution in [0.5, 0.6) is 0 Å². The van der Waals surface area contributed by atoms with E-state index in [9.17, 15) is 14.4 Å². The van der Waals surface area contributed by atoms with Crippen LogP contribution in [0.15, 0.2) is 27.8 Å². The van der Waals surface area contributed by atoms with Crippen LogP contribution in [-0.2, 0) is 7.05 Å². The standard InChI is InChI=1S/C10H8N2O4/c1-12-6-4-2-3-5(9(14)15)7(6)8(13)11-10(12)16/h2-4H,1H3,(H,14,15)(H,11,13,16). The Labute approximate surface area is 88.8 Å². The lowest BCUT2D eigenvalue weighted by Gasteiger charge is -2.05. The van der Waals surface area contributed by atoms with Crippen molar-refractivity contribution < 1.29 is 9.90 Å². The number of hydrogen-bond acceptors (Lipinski definition) is 3. The van der Waals surface area contributed by atoms with Crippen molar-refractivity contribution in [3.63, 3.8) is 0 Å². The van der Waals surface area contributed by atoms with Crippen molar-refractivity contribution in [1.29, 1.82) is 0 Å². The first-order valence-electron chi connectivity index (χ1n) is 4.47. The lowest BCUT2D eigenvalue weighted by atomic mass is 10.1. The van der Waals surface area contributed by atoms with Crippen LogP contribution < -0.4 is 11.2 Å². The van der Waals surface area contributed by atoms with E-state index in [0.717, 1.165) is 0 Å².